The monoisotopic (exact) mass is 508 g/mol. The van der Waals surface area contributed by atoms with E-state index in [1.165, 1.54) is 4.90 Å². The van der Waals surface area contributed by atoms with E-state index in [2.05, 4.69) is 4.98 Å². The smallest absolute Gasteiger partial charge is 0.259 e. The second-order valence-corrected chi connectivity index (χ2v) is 10.5. The fraction of sp³-hybridized carbons (Fsp3) is 0.500. The summed E-state index contributed by atoms with van der Waals surface area (Å²) in [6, 6.07) is 8.50. The summed E-state index contributed by atoms with van der Waals surface area (Å²) in [6.07, 6.45) is 3.13. The van der Waals surface area contributed by atoms with Crippen molar-refractivity contribution < 1.29 is 24.2 Å². The van der Waals surface area contributed by atoms with Crippen LogP contribution in [0.1, 0.15) is 47.4 Å². The molecule has 2 aromatic rings. The normalized spacial score (nSPS) is 20.3. The molecule has 1 N–H and O–H groups in total. The molecule has 2 heterocycles. The number of rotatable bonds is 7. The van der Waals surface area contributed by atoms with Crippen LogP contribution in [0.15, 0.2) is 36.5 Å². The highest BCUT2D eigenvalue weighted by Crippen LogP contribution is 2.33. The van der Waals surface area contributed by atoms with Gasteiger partial charge in [0.15, 0.2) is 0 Å². The minimum absolute atomic E-state index is 0.0923. The first-order valence-corrected chi connectivity index (χ1v) is 12.8. The number of carbonyl (C=O) groups is 3. The largest absolute Gasteiger partial charge is 0.472 e. The average molecular weight is 509 g/mol. The van der Waals surface area contributed by atoms with Crippen LogP contribution in [0.2, 0.25) is 0 Å². The summed E-state index contributed by atoms with van der Waals surface area (Å²) in [4.78, 5) is 47.9. The lowest BCUT2D eigenvalue weighted by atomic mass is 9.98. The molecule has 3 amide bonds. The number of fused-ring (bicyclic) bond motifs is 1. The second-order valence-electron chi connectivity index (χ2n) is 10.5. The standard InChI is InChI=1S/C28H36N4O5/c1-17-14-32(18(2)16-33)28(36)23-12-22(19-6-8-20(9-7-19)26(34)30(3)4)13-29-25(23)37-24(17)15-31(5)27(35)21-10-11-21/h6-9,12-13,17-18,21,24,33H,10-11,14-16H2,1-5H3/t17-,18-,24+/m0/s1. The minimum Gasteiger partial charge on any atom is -0.472 e. The van der Waals surface area contributed by atoms with Crippen molar-refractivity contribution in [2.24, 2.45) is 11.8 Å². The number of hydrogen-bond acceptors (Lipinski definition) is 6. The SMILES string of the molecule is C[C@H]1CN([C@@H](C)CO)C(=O)c2cc(-c3ccc(C(=O)N(C)C)cc3)cnc2O[C@@H]1CN(C)C(=O)C1CC1. The fourth-order valence-electron chi connectivity index (χ4n) is 4.54. The molecule has 0 radical (unpaired) electrons. The van der Waals surface area contributed by atoms with Gasteiger partial charge in [-0.1, -0.05) is 19.1 Å². The zero-order valence-corrected chi connectivity index (χ0v) is 22.2. The number of benzene rings is 1. The predicted octanol–water partition coefficient (Wildman–Crippen LogP) is 2.54. The van der Waals surface area contributed by atoms with Crippen LogP contribution < -0.4 is 4.74 Å². The number of hydrogen-bond donors (Lipinski definition) is 1. The number of likely N-dealkylation sites (N-methyl/N-ethyl adjacent to an activating group) is 1. The van der Waals surface area contributed by atoms with Crippen molar-refractivity contribution in [1.82, 2.24) is 19.7 Å². The number of aliphatic hydroxyl groups excluding tert-OH is 1. The molecule has 0 unspecified atom stereocenters. The Kier molecular flexibility index (Phi) is 7.82. The first-order chi connectivity index (χ1) is 17.6. The van der Waals surface area contributed by atoms with Gasteiger partial charge in [-0.3, -0.25) is 14.4 Å². The summed E-state index contributed by atoms with van der Waals surface area (Å²) >= 11 is 0. The maximum atomic E-state index is 13.7. The van der Waals surface area contributed by atoms with Gasteiger partial charge in [0.2, 0.25) is 11.8 Å². The van der Waals surface area contributed by atoms with Gasteiger partial charge >= 0.3 is 0 Å². The molecule has 0 spiro atoms. The Bertz CT molecular complexity index is 1160. The van der Waals surface area contributed by atoms with E-state index in [-0.39, 0.29) is 48.1 Å². The summed E-state index contributed by atoms with van der Waals surface area (Å²) in [5.74, 6) is -0.0118. The van der Waals surface area contributed by atoms with Crippen molar-refractivity contribution in [2.45, 2.75) is 38.8 Å². The highest BCUT2D eigenvalue weighted by atomic mass is 16.5. The molecule has 0 saturated heterocycles. The number of amides is 3. The van der Waals surface area contributed by atoms with Gasteiger partial charge in [-0.05, 0) is 43.5 Å². The Morgan fingerprint density at radius 1 is 1.16 bits per heavy atom. The molecule has 0 bridgehead atoms. The van der Waals surface area contributed by atoms with Gasteiger partial charge in [-0.15, -0.1) is 0 Å². The van der Waals surface area contributed by atoms with Crippen LogP contribution in [0.3, 0.4) is 0 Å². The van der Waals surface area contributed by atoms with Gasteiger partial charge in [0.05, 0.1) is 19.2 Å². The summed E-state index contributed by atoms with van der Waals surface area (Å²) in [7, 11) is 5.19. The minimum atomic E-state index is -0.396. The van der Waals surface area contributed by atoms with Crippen molar-refractivity contribution in [3.63, 3.8) is 0 Å². The molecule has 9 heteroatoms. The van der Waals surface area contributed by atoms with Crippen LogP contribution in [-0.2, 0) is 4.79 Å². The van der Waals surface area contributed by atoms with E-state index in [1.807, 2.05) is 26.0 Å². The van der Waals surface area contributed by atoms with Crippen LogP contribution in [0.4, 0.5) is 0 Å². The van der Waals surface area contributed by atoms with Crippen molar-refractivity contribution in [2.75, 3.05) is 40.8 Å². The molecule has 9 nitrogen and oxygen atoms in total. The number of ether oxygens (including phenoxy) is 1. The first-order valence-electron chi connectivity index (χ1n) is 12.8. The lowest BCUT2D eigenvalue weighted by molar-refractivity contribution is -0.132. The number of pyridine rings is 1. The third-order valence-electron chi connectivity index (χ3n) is 7.15. The van der Waals surface area contributed by atoms with E-state index in [1.54, 1.807) is 55.3 Å². The highest BCUT2D eigenvalue weighted by molar-refractivity contribution is 5.98. The fourth-order valence-corrected chi connectivity index (χ4v) is 4.54. The maximum absolute atomic E-state index is 13.7. The van der Waals surface area contributed by atoms with Gasteiger partial charge in [0.25, 0.3) is 11.8 Å². The number of carbonyl (C=O) groups excluding carboxylic acids is 3. The Balaban J connectivity index is 1.67. The van der Waals surface area contributed by atoms with Crippen molar-refractivity contribution in [3.8, 4) is 17.0 Å². The van der Waals surface area contributed by atoms with Gasteiger partial charge in [0.1, 0.15) is 11.7 Å². The zero-order valence-electron chi connectivity index (χ0n) is 22.2. The third-order valence-corrected chi connectivity index (χ3v) is 7.15. The summed E-state index contributed by atoms with van der Waals surface area (Å²) in [5, 5.41) is 9.87. The van der Waals surface area contributed by atoms with E-state index >= 15 is 0 Å². The molecule has 4 rings (SSSR count). The molecule has 37 heavy (non-hydrogen) atoms. The lowest BCUT2D eigenvalue weighted by Gasteiger charge is -2.37. The number of aliphatic hydroxyl groups is 1. The maximum Gasteiger partial charge on any atom is 0.259 e. The molecular weight excluding hydrogens is 472 g/mol. The molecule has 198 valence electrons. The van der Waals surface area contributed by atoms with Gasteiger partial charge in [-0.2, -0.15) is 0 Å². The highest BCUT2D eigenvalue weighted by Gasteiger charge is 2.37. The number of nitrogens with zero attached hydrogens (tertiary/aromatic N) is 4. The van der Waals surface area contributed by atoms with Crippen LogP contribution in [0.25, 0.3) is 11.1 Å². The van der Waals surface area contributed by atoms with Crippen molar-refractivity contribution in [1.29, 1.82) is 0 Å². The molecule has 1 aliphatic heterocycles. The Hall–Kier alpha value is -3.46. The van der Waals surface area contributed by atoms with Gasteiger partial charge < -0.3 is 24.5 Å². The van der Waals surface area contributed by atoms with E-state index in [9.17, 15) is 19.5 Å². The van der Waals surface area contributed by atoms with Crippen LogP contribution >= 0.6 is 0 Å². The van der Waals surface area contributed by atoms with E-state index < -0.39 is 6.04 Å². The van der Waals surface area contributed by atoms with Gasteiger partial charge in [0, 0.05) is 56.8 Å². The summed E-state index contributed by atoms with van der Waals surface area (Å²) in [6.45, 7) is 4.38. The van der Waals surface area contributed by atoms with E-state index in [0.717, 1.165) is 18.4 Å². The third kappa shape index (κ3) is 5.77. The molecule has 1 aromatic heterocycles. The van der Waals surface area contributed by atoms with Gasteiger partial charge in [-0.25, -0.2) is 4.98 Å². The number of aromatic nitrogens is 1. The Morgan fingerprint density at radius 3 is 2.43 bits per heavy atom. The van der Waals surface area contributed by atoms with Crippen LogP contribution in [0, 0.1) is 11.8 Å². The Labute approximate surface area is 218 Å². The summed E-state index contributed by atoms with van der Waals surface area (Å²) < 4.78 is 6.30. The van der Waals surface area contributed by atoms with Crippen molar-refractivity contribution in [3.05, 3.63) is 47.7 Å². The van der Waals surface area contributed by atoms with E-state index in [0.29, 0.717) is 29.8 Å². The van der Waals surface area contributed by atoms with E-state index in [4.69, 9.17) is 4.74 Å². The first kappa shape index (κ1) is 26.6. The molecule has 1 aromatic carbocycles. The quantitative estimate of drug-likeness (QED) is 0.617. The lowest BCUT2D eigenvalue weighted by Crippen LogP contribution is -2.50. The molecular formula is C28H36N4O5. The predicted molar refractivity (Wildman–Crippen MR) is 139 cm³/mol. The molecule has 1 aliphatic carbocycles. The van der Waals surface area contributed by atoms with Crippen LogP contribution in [-0.4, -0.2) is 95.5 Å². The summed E-state index contributed by atoms with van der Waals surface area (Å²) in [5.41, 5.74) is 2.39. The molecule has 3 atom stereocenters. The Morgan fingerprint density at radius 2 is 1.84 bits per heavy atom. The van der Waals surface area contributed by atoms with Crippen LogP contribution in [0.5, 0.6) is 5.88 Å². The zero-order chi connectivity index (χ0) is 26.9. The molecule has 1 fully saturated rings. The van der Waals surface area contributed by atoms with Crippen molar-refractivity contribution >= 4 is 17.7 Å². The average Bonchev–Trinajstić information content (AvgIpc) is 3.74. The molecule has 1 saturated carbocycles. The topological polar surface area (TPSA) is 103 Å². The second kappa shape index (κ2) is 10.9. The molecule has 2 aliphatic rings.